The minimum absolute atomic E-state index is 0.133. The fourth-order valence-electron chi connectivity index (χ4n) is 1.70. The van der Waals surface area contributed by atoms with Gasteiger partial charge in [0.2, 0.25) is 0 Å². The lowest BCUT2D eigenvalue weighted by Gasteiger charge is -2.21. The Balaban J connectivity index is 2.20. The molecule has 0 heterocycles. The normalized spacial score (nSPS) is 13.5. The second-order valence-electron chi connectivity index (χ2n) is 4.31. The Morgan fingerprint density at radius 3 is 2.50 bits per heavy atom. The van der Waals surface area contributed by atoms with Crippen LogP contribution >= 0.6 is 11.8 Å². The molecule has 0 aromatic heterocycles. The second-order valence-corrected chi connectivity index (χ2v) is 5.33. The van der Waals surface area contributed by atoms with Gasteiger partial charge in [-0.3, -0.25) is 0 Å². The number of nitrogens with zero attached hydrogens (tertiary/aromatic N) is 1. The van der Waals surface area contributed by atoms with Crippen LogP contribution in [0.15, 0.2) is 53.4 Å². The highest BCUT2D eigenvalue weighted by Crippen LogP contribution is 2.29. The van der Waals surface area contributed by atoms with Gasteiger partial charge in [0.05, 0.1) is 6.07 Å². The maximum atomic E-state index is 13.5. The zero-order valence-electron chi connectivity index (χ0n) is 10.5. The van der Waals surface area contributed by atoms with Gasteiger partial charge in [0.15, 0.2) is 0 Å². The predicted octanol–water partition coefficient (Wildman–Crippen LogP) is 3.43. The van der Waals surface area contributed by atoms with Crippen LogP contribution in [0.5, 0.6) is 0 Å². The van der Waals surface area contributed by atoms with E-state index in [1.807, 2.05) is 12.1 Å². The Morgan fingerprint density at radius 1 is 1.15 bits per heavy atom. The second kappa shape index (κ2) is 6.04. The number of hydrogen-bond acceptors (Lipinski definition) is 3. The zero-order chi connectivity index (χ0) is 14.6. The highest BCUT2D eigenvalue weighted by Gasteiger charge is 2.27. The van der Waals surface area contributed by atoms with Crippen molar-refractivity contribution in [2.24, 2.45) is 5.73 Å². The van der Waals surface area contributed by atoms with Crippen molar-refractivity contribution in [3.63, 3.8) is 0 Å². The molecule has 0 spiro atoms. The van der Waals surface area contributed by atoms with Gasteiger partial charge in [0.25, 0.3) is 0 Å². The first kappa shape index (κ1) is 14.5. The largest absolute Gasteiger partial charge is 0.309 e. The number of nitrogens with two attached hydrogens (primary N) is 1. The summed E-state index contributed by atoms with van der Waals surface area (Å²) >= 11 is 1.03. The summed E-state index contributed by atoms with van der Waals surface area (Å²) in [6, 6.07) is 14.1. The van der Waals surface area contributed by atoms with E-state index in [1.165, 1.54) is 0 Å². The van der Waals surface area contributed by atoms with Crippen LogP contribution in [0.2, 0.25) is 0 Å². The molecular weight excluding hydrogens is 278 g/mol. The lowest BCUT2D eigenvalue weighted by Crippen LogP contribution is -2.37. The van der Waals surface area contributed by atoms with Crippen LogP contribution in [0, 0.1) is 23.0 Å². The molecular formula is C15H12F2N2S. The van der Waals surface area contributed by atoms with Gasteiger partial charge in [-0.2, -0.15) is 5.26 Å². The van der Waals surface area contributed by atoms with Gasteiger partial charge in [-0.1, -0.05) is 30.3 Å². The molecule has 2 aromatic carbocycles. The van der Waals surface area contributed by atoms with Gasteiger partial charge in [-0.05, 0) is 23.8 Å². The third-order valence-electron chi connectivity index (χ3n) is 2.84. The standard InChI is InChI=1S/C15H12F2N2S/c16-12-6-7-13(17)14(8-12)20-10-15(19,9-18)11-4-2-1-3-5-11/h1-8H,10,19H2. The molecule has 0 aliphatic rings. The Kier molecular flexibility index (Phi) is 4.38. The zero-order valence-corrected chi connectivity index (χ0v) is 11.3. The van der Waals surface area contributed by atoms with Crippen LogP contribution < -0.4 is 5.73 Å². The third-order valence-corrected chi connectivity index (χ3v) is 4.06. The number of rotatable bonds is 4. The Hall–Kier alpha value is -1.90. The molecule has 0 fully saturated rings. The maximum absolute atomic E-state index is 13.5. The molecule has 0 radical (unpaired) electrons. The van der Waals surface area contributed by atoms with Crippen LogP contribution in [0.1, 0.15) is 5.56 Å². The van der Waals surface area contributed by atoms with E-state index < -0.39 is 17.2 Å². The van der Waals surface area contributed by atoms with E-state index in [2.05, 4.69) is 0 Å². The van der Waals surface area contributed by atoms with E-state index in [0.717, 1.165) is 30.0 Å². The third kappa shape index (κ3) is 3.16. The minimum Gasteiger partial charge on any atom is -0.309 e. The fraction of sp³-hybridized carbons (Fsp3) is 0.133. The summed E-state index contributed by atoms with van der Waals surface area (Å²) in [6.45, 7) is 0. The van der Waals surface area contributed by atoms with E-state index in [9.17, 15) is 14.0 Å². The van der Waals surface area contributed by atoms with Crippen LogP contribution in [0.4, 0.5) is 8.78 Å². The number of thioether (sulfide) groups is 1. The van der Waals surface area contributed by atoms with Crippen molar-refractivity contribution in [1.82, 2.24) is 0 Å². The molecule has 1 unspecified atom stereocenters. The molecule has 20 heavy (non-hydrogen) atoms. The lowest BCUT2D eigenvalue weighted by atomic mass is 9.95. The Morgan fingerprint density at radius 2 is 1.85 bits per heavy atom. The number of hydrogen-bond donors (Lipinski definition) is 1. The fourth-order valence-corrected chi connectivity index (χ4v) is 2.71. The molecule has 0 saturated heterocycles. The summed E-state index contributed by atoms with van der Waals surface area (Å²) in [5, 5.41) is 9.28. The maximum Gasteiger partial charge on any atom is 0.139 e. The molecule has 1 atom stereocenters. The molecule has 0 amide bonds. The summed E-state index contributed by atoms with van der Waals surface area (Å²) in [6.07, 6.45) is 0. The van der Waals surface area contributed by atoms with E-state index in [0.29, 0.717) is 5.56 Å². The van der Waals surface area contributed by atoms with E-state index >= 15 is 0 Å². The molecule has 5 heteroatoms. The lowest BCUT2D eigenvalue weighted by molar-refractivity contribution is 0.576. The van der Waals surface area contributed by atoms with Crippen molar-refractivity contribution >= 4 is 11.8 Å². The van der Waals surface area contributed by atoms with Gasteiger partial charge in [0, 0.05) is 10.6 Å². The molecule has 102 valence electrons. The molecule has 0 saturated carbocycles. The average Bonchev–Trinajstić information content (AvgIpc) is 2.49. The van der Waals surface area contributed by atoms with Gasteiger partial charge >= 0.3 is 0 Å². The molecule has 2 rings (SSSR count). The van der Waals surface area contributed by atoms with E-state index in [1.54, 1.807) is 24.3 Å². The molecule has 2 nitrogen and oxygen atoms in total. The summed E-state index contributed by atoms with van der Waals surface area (Å²) in [4.78, 5) is 0.144. The van der Waals surface area contributed by atoms with E-state index in [-0.39, 0.29) is 10.6 Å². The quantitative estimate of drug-likeness (QED) is 0.878. The SMILES string of the molecule is N#CC(N)(CSc1cc(F)ccc1F)c1ccccc1. The van der Waals surface area contributed by atoms with Crippen molar-refractivity contribution in [2.45, 2.75) is 10.4 Å². The smallest absolute Gasteiger partial charge is 0.139 e. The van der Waals surface area contributed by atoms with Crippen molar-refractivity contribution in [1.29, 1.82) is 5.26 Å². The summed E-state index contributed by atoms with van der Waals surface area (Å²) in [5.74, 6) is -0.911. The summed E-state index contributed by atoms with van der Waals surface area (Å²) < 4.78 is 26.6. The molecule has 0 bridgehead atoms. The first-order chi connectivity index (χ1) is 9.55. The van der Waals surface area contributed by atoms with Gasteiger partial charge < -0.3 is 5.73 Å². The monoisotopic (exact) mass is 290 g/mol. The Bertz CT molecular complexity index is 640. The van der Waals surface area contributed by atoms with Crippen LogP contribution in [0.3, 0.4) is 0 Å². The van der Waals surface area contributed by atoms with E-state index in [4.69, 9.17) is 5.73 Å². The van der Waals surface area contributed by atoms with Crippen LogP contribution in [-0.2, 0) is 5.54 Å². The van der Waals surface area contributed by atoms with Crippen molar-refractivity contribution < 1.29 is 8.78 Å². The molecule has 0 aliphatic carbocycles. The summed E-state index contributed by atoms with van der Waals surface area (Å²) in [7, 11) is 0. The number of halogens is 2. The minimum atomic E-state index is -1.25. The Labute approximate surface area is 120 Å². The number of benzene rings is 2. The molecule has 0 aliphatic heterocycles. The molecule has 2 N–H and O–H groups in total. The van der Waals surface area contributed by atoms with Crippen molar-refractivity contribution in [2.75, 3.05) is 5.75 Å². The first-order valence-corrected chi connectivity index (χ1v) is 6.87. The first-order valence-electron chi connectivity index (χ1n) is 5.89. The summed E-state index contributed by atoms with van der Waals surface area (Å²) in [5.41, 5.74) is 5.46. The highest BCUT2D eigenvalue weighted by atomic mass is 32.2. The van der Waals surface area contributed by atoms with Crippen molar-refractivity contribution in [3.8, 4) is 6.07 Å². The number of nitriles is 1. The van der Waals surface area contributed by atoms with Gasteiger partial charge in [0.1, 0.15) is 17.2 Å². The van der Waals surface area contributed by atoms with Gasteiger partial charge in [-0.25, -0.2) is 8.78 Å². The van der Waals surface area contributed by atoms with Crippen molar-refractivity contribution in [3.05, 3.63) is 65.7 Å². The van der Waals surface area contributed by atoms with Crippen LogP contribution in [-0.4, -0.2) is 5.75 Å². The average molecular weight is 290 g/mol. The van der Waals surface area contributed by atoms with Crippen LogP contribution in [0.25, 0.3) is 0 Å². The predicted molar refractivity (Wildman–Crippen MR) is 75.0 cm³/mol. The molecule has 2 aromatic rings. The highest BCUT2D eigenvalue weighted by molar-refractivity contribution is 7.99. The van der Waals surface area contributed by atoms with Gasteiger partial charge in [-0.15, -0.1) is 11.8 Å². The topological polar surface area (TPSA) is 49.8 Å².